The van der Waals surface area contributed by atoms with Crippen LogP contribution in [0.4, 0.5) is 0 Å². The molecule has 218 valence electrons. The van der Waals surface area contributed by atoms with Gasteiger partial charge >= 0.3 is 0 Å². The highest BCUT2D eigenvalue weighted by molar-refractivity contribution is 5.58. The third kappa shape index (κ3) is 7.05. The molecule has 0 bridgehead atoms. The van der Waals surface area contributed by atoms with Crippen LogP contribution in [0.5, 0.6) is 11.5 Å². The Bertz CT molecular complexity index is 1320. The molecule has 0 radical (unpaired) electrons. The normalized spacial score (nSPS) is 13.4. The number of aromatic hydroxyl groups is 2. The molecule has 3 rings (SSSR count). The molecule has 1 atom stereocenters. The van der Waals surface area contributed by atoms with Gasteiger partial charge in [-0.15, -0.1) is 0 Å². The van der Waals surface area contributed by atoms with Crippen molar-refractivity contribution >= 4 is 0 Å². The Morgan fingerprint density at radius 3 is 1.57 bits per heavy atom. The van der Waals surface area contributed by atoms with E-state index in [0.717, 1.165) is 46.3 Å². The number of benzene rings is 3. The minimum absolute atomic E-state index is 0.347. The quantitative estimate of drug-likeness (QED) is 0.271. The first kappa shape index (κ1) is 31.6. The van der Waals surface area contributed by atoms with Crippen LogP contribution in [0.3, 0.4) is 0 Å². The molecule has 0 aromatic heterocycles. The SMILES string of the molecule is CCc1cc(C(C)(c2cc(C)cc(CN(C)C)c2)c2cc(CNC)c(O)c(CN(C)C)c2)cc(CN(C)C)c1O. The average molecular weight is 547 g/mol. The van der Waals surface area contributed by atoms with Crippen molar-refractivity contribution < 1.29 is 10.2 Å². The molecule has 3 aromatic carbocycles. The summed E-state index contributed by atoms with van der Waals surface area (Å²) in [6.07, 6.45) is 0.738. The zero-order valence-electron chi connectivity index (χ0n) is 26.3. The van der Waals surface area contributed by atoms with E-state index in [1.807, 2.05) is 35.2 Å². The standard InChI is InChI=1S/C34H50N4O2/c1-11-25-15-30(17-27(32(25)39)21-37(7)8)34(3,29-13-23(2)12-24(14-29)20-36(5)6)31-16-26(19-35-4)33(40)28(18-31)22-38(9)10/h12-18,35,39-40H,11,19-22H2,1-10H3. The molecule has 40 heavy (non-hydrogen) atoms. The molecule has 0 spiro atoms. The summed E-state index contributed by atoms with van der Waals surface area (Å²) in [7, 11) is 14.2. The Morgan fingerprint density at radius 2 is 1.10 bits per heavy atom. The fraction of sp³-hybridized carbons (Fsp3) is 0.471. The molecule has 0 heterocycles. The van der Waals surface area contributed by atoms with Crippen LogP contribution in [0.1, 0.15) is 63.9 Å². The Balaban J connectivity index is 2.45. The van der Waals surface area contributed by atoms with Gasteiger partial charge in [0.15, 0.2) is 0 Å². The highest BCUT2D eigenvalue weighted by Gasteiger charge is 2.34. The summed E-state index contributed by atoms with van der Waals surface area (Å²) >= 11 is 0. The second-order valence-electron chi connectivity index (χ2n) is 12.2. The van der Waals surface area contributed by atoms with Gasteiger partial charge < -0.3 is 30.2 Å². The first-order valence-electron chi connectivity index (χ1n) is 14.2. The molecule has 6 heteroatoms. The smallest absolute Gasteiger partial charge is 0.124 e. The summed E-state index contributed by atoms with van der Waals surface area (Å²) in [5, 5.41) is 25.7. The molecule has 6 nitrogen and oxygen atoms in total. The first-order valence-corrected chi connectivity index (χ1v) is 14.2. The summed E-state index contributed by atoms with van der Waals surface area (Å²) in [6, 6.07) is 15.6. The summed E-state index contributed by atoms with van der Waals surface area (Å²) in [6.45, 7) is 9.24. The van der Waals surface area contributed by atoms with Crippen LogP contribution in [0.2, 0.25) is 0 Å². The molecule has 0 fully saturated rings. The van der Waals surface area contributed by atoms with Crippen LogP contribution in [0, 0.1) is 6.92 Å². The number of phenolic OH excluding ortho intramolecular Hbond substituents is 2. The molecule has 0 saturated heterocycles. The molecule has 3 N–H and O–H groups in total. The van der Waals surface area contributed by atoms with Crippen molar-refractivity contribution in [3.05, 3.63) is 92.5 Å². The monoisotopic (exact) mass is 546 g/mol. The third-order valence-electron chi connectivity index (χ3n) is 7.62. The second-order valence-corrected chi connectivity index (χ2v) is 12.2. The lowest BCUT2D eigenvalue weighted by atomic mass is 9.69. The van der Waals surface area contributed by atoms with E-state index in [0.29, 0.717) is 31.1 Å². The van der Waals surface area contributed by atoms with Crippen molar-refractivity contribution in [2.24, 2.45) is 0 Å². The summed E-state index contributed by atoms with van der Waals surface area (Å²) in [4.78, 5) is 6.38. The Hall–Kier alpha value is -2.90. The number of phenols is 2. The molecule has 0 saturated carbocycles. The molecule has 3 aromatic rings. The van der Waals surface area contributed by atoms with Crippen molar-refractivity contribution in [2.45, 2.75) is 58.8 Å². The lowest BCUT2D eigenvalue weighted by Gasteiger charge is -2.35. The van der Waals surface area contributed by atoms with Crippen molar-refractivity contribution in [3.63, 3.8) is 0 Å². The number of aryl methyl sites for hydroxylation is 2. The van der Waals surface area contributed by atoms with Crippen molar-refractivity contribution in [3.8, 4) is 11.5 Å². The van der Waals surface area contributed by atoms with Crippen molar-refractivity contribution in [2.75, 3.05) is 49.3 Å². The van der Waals surface area contributed by atoms with Crippen LogP contribution in [0.15, 0.2) is 42.5 Å². The third-order valence-corrected chi connectivity index (χ3v) is 7.62. The number of hydrogen-bond acceptors (Lipinski definition) is 6. The molecular formula is C34H50N4O2. The zero-order valence-corrected chi connectivity index (χ0v) is 26.3. The lowest BCUT2D eigenvalue weighted by Crippen LogP contribution is -2.28. The van der Waals surface area contributed by atoms with E-state index in [9.17, 15) is 10.2 Å². The predicted octanol–water partition coefficient (Wildman–Crippen LogP) is 5.23. The topological polar surface area (TPSA) is 62.2 Å². The van der Waals surface area contributed by atoms with E-state index >= 15 is 0 Å². The van der Waals surface area contributed by atoms with Crippen LogP contribution in [0.25, 0.3) is 0 Å². The Labute approximate surface area is 242 Å². The van der Waals surface area contributed by atoms with Gasteiger partial charge in [-0.1, -0.05) is 36.8 Å². The van der Waals surface area contributed by atoms with E-state index in [-0.39, 0.29) is 0 Å². The fourth-order valence-electron chi connectivity index (χ4n) is 5.72. The van der Waals surface area contributed by atoms with Crippen molar-refractivity contribution in [1.29, 1.82) is 0 Å². The van der Waals surface area contributed by atoms with E-state index in [1.54, 1.807) is 0 Å². The number of nitrogens with one attached hydrogen (secondary N) is 1. The summed E-state index contributed by atoms with van der Waals surface area (Å²) < 4.78 is 0. The molecular weight excluding hydrogens is 496 g/mol. The molecule has 1 unspecified atom stereocenters. The van der Waals surface area contributed by atoms with E-state index in [1.165, 1.54) is 16.7 Å². The summed E-state index contributed by atoms with van der Waals surface area (Å²) in [5.74, 6) is 0.731. The van der Waals surface area contributed by atoms with E-state index < -0.39 is 5.41 Å². The van der Waals surface area contributed by atoms with E-state index in [4.69, 9.17) is 0 Å². The largest absolute Gasteiger partial charge is 0.507 e. The molecule has 0 aliphatic carbocycles. The van der Waals surface area contributed by atoms with Crippen molar-refractivity contribution in [1.82, 2.24) is 20.0 Å². The Kier molecular flexibility index (Phi) is 10.4. The minimum Gasteiger partial charge on any atom is -0.507 e. The highest BCUT2D eigenvalue weighted by Crippen LogP contribution is 2.44. The van der Waals surface area contributed by atoms with Gasteiger partial charge in [-0.3, -0.25) is 0 Å². The van der Waals surface area contributed by atoms with Gasteiger partial charge in [-0.2, -0.15) is 0 Å². The van der Waals surface area contributed by atoms with Crippen LogP contribution in [-0.2, 0) is 38.0 Å². The maximum absolute atomic E-state index is 11.2. The van der Waals surface area contributed by atoms with Gasteiger partial charge in [0.2, 0.25) is 0 Å². The van der Waals surface area contributed by atoms with Gasteiger partial charge in [0.1, 0.15) is 11.5 Å². The van der Waals surface area contributed by atoms with Gasteiger partial charge in [0.05, 0.1) is 0 Å². The lowest BCUT2D eigenvalue weighted by molar-refractivity contribution is 0.382. The van der Waals surface area contributed by atoms with Gasteiger partial charge in [-0.25, -0.2) is 0 Å². The van der Waals surface area contributed by atoms with E-state index in [2.05, 4.69) is 97.3 Å². The predicted molar refractivity (Wildman–Crippen MR) is 167 cm³/mol. The van der Waals surface area contributed by atoms with Crippen LogP contribution in [-0.4, -0.2) is 74.2 Å². The van der Waals surface area contributed by atoms with Gasteiger partial charge in [0.25, 0.3) is 0 Å². The Morgan fingerprint density at radius 1 is 0.650 bits per heavy atom. The van der Waals surface area contributed by atoms with Gasteiger partial charge in [-0.05, 0) is 116 Å². The zero-order chi connectivity index (χ0) is 29.8. The van der Waals surface area contributed by atoms with Gasteiger partial charge in [0, 0.05) is 48.3 Å². The summed E-state index contributed by atoms with van der Waals surface area (Å²) in [5.41, 5.74) is 9.06. The molecule has 0 aliphatic heterocycles. The van der Waals surface area contributed by atoms with Crippen LogP contribution >= 0.6 is 0 Å². The van der Waals surface area contributed by atoms with Crippen LogP contribution < -0.4 is 5.32 Å². The molecule has 0 amide bonds. The first-order chi connectivity index (χ1) is 18.8. The molecule has 0 aliphatic rings. The average Bonchev–Trinajstić information content (AvgIpc) is 2.85. The fourth-order valence-corrected chi connectivity index (χ4v) is 5.72. The number of hydrogen-bond donors (Lipinski definition) is 3. The number of rotatable bonds is 12. The highest BCUT2D eigenvalue weighted by atomic mass is 16.3. The number of nitrogens with zero attached hydrogens (tertiary/aromatic N) is 3. The minimum atomic E-state index is -0.539. The second kappa shape index (κ2) is 13.2. The maximum atomic E-state index is 11.2. The maximum Gasteiger partial charge on any atom is 0.124 e.